The van der Waals surface area contributed by atoms with Gasteiger partial charge >= 0.3 is 18.1 Å². The van der Waals surface area contributed by atoms with E-state index in [1.807, 2.05) is 0 Å². The van der Waals surface area contributed by atoms with E-state index in [2.05, 4.69) is 19.9 Å². The van der Waals surface area contributed by atoms with Crippen LogP contribution in [-0.2, 0) is 6.18 Å². The standard InChI is InChI=1S/C19H11F6N3O4/c1-8(18(20,21)22)30-13-6-5-9(7-11(13)19(23,24)25)16-27-15(28-32-16)10-3-2-4-12-14(10)31-17(29)26-12/h2-8H,1H3,(H,26,29)/t8-/m0/s1. The molecule has 0 aliphatic carbocycles. The molecule has 0 spiro atoms. The van der Waals surface area contributed by atoms with Crippen LogP contribution >= 0.6 is 0 Å². The van der Waals surface area contributed by atoms with E-state index in [9.17, 15) is 31.1 Å². The Kier molecular flexibility index (Phi) is 4.98. The quantitative estimate of drug-likeness (QED) is 0.423. The van der Waals surface area contributed by atoms with Crippen molar-refractivity contribution >= 4 is 11.1 Å². The molecule has 0 radical (unpaired) electrons. The summed E-state index contributed by atoms with van der Waals surface area (Å²) in [6, 6.07) is 6.98. The van der Waals surface area contributed by atoms with Gasteiger partial charge < -0.3 is 13.7 Å². The van der Waals surface area contributed by atoms with Crippen LogP contribution in [0.4, 0.5) is 26.3 Å². The average molecular weight is 459 g/mol. The van der Waals surface area contributed by atoms with Crippen LogP contribution in [0.25, 0.3) is 33.9 Å². The summed E-state index contributed by atoms with van der Waals surface area (Å²) in [4.78, 5) is 17.9. The predicted molar refractivity (Wildman–Crippen MR) is 96.7 cm³/mol. The second-order valence-electron chi connectivity index (χ2n) is 6.63. The molecule has 0 amide bonds. The third-order valence-electron chi connectivity index (χ3n) is 4.41. The first-order valence-electron chi connectivity index (χ1n) is 8.84. The van der Waals surface area contributed by atoms with Crippen molar-refractivity contribution in [3.8, 4) is 28.6 Å². The maximum Gasteiger partial charge on any atom is 0.425 e. The monoisotopic (exact) mass is 459 g/mol. The van der Waals surface area contributed by atoms with Crippen molar-refractivity contribution in [2.75, 3.05) is 0 Å². The first-order valence-corrected chi connectivity index (χ1v) is 8.84. The van der Waals surface area contributed by atoms with Gasteiger partial charge in [-0.25, -0.2) is 4.79 Å². The number of nitrogens with one attached hydrogen (secondary N) is 1. The molecular weight excluding hydrogens is 448 g/mol. The van der Waals surface area contributed by atoms with Crippen LogP contribution in [0.5, 0.6) is 5.75 Å². The number of fused-ring (bicyclic) bond motifs is 1. The Labute approximate surface area is 173 Å². The number of rotatable bonds is 4. The van der Waals surface area contributed by atoms with Crippen molar-refractivity contribution in [2.45, 2.75) is 25.4 Å². The van der Waals surface area contributed by atoms with Crippen molar-refractivity contribution in [1.82, 2.24) is 15.1 Å². The molecular formula is C19H11F6N3O4. The minimum atomic E-state index is -5.01. The summed E-state index contributed by atoms with van der Waals surface area (Å²) >= 11 is 0. The molecule has 7 nitrogen and oxygen atoms in total. The number of hydrogen-bond acceptors (Lipinski definition) is 6. The summed E-state index contributed by atoms with van der Waals surface area (Å²) in [5.41, 5.74) is -0.939. The number of hydrogen-bond donors (Lipinski definition) is 1. The van der Waals surface area contributed by atoms with Crippen LogP contribution in [0.1, 0.15) is 12.5 Å². The van der Waals surface area contributed by atoms with Crippen LogP contribution in [0, 0.1) is 0 Å². The number of alkyl halides is 6. The SMILES string of the molecule is C[C@H](Oc1ccc(-c2nc(-c3cccc4[nH]c(=O)oc34)no2)cc1C(F)(F)F)C(F)(F)F. The number of nitrogens with zero attached hydrogens (tertiary/aromatic N) is 2. The Morgan fingerprint density at radius 2 is 1.84 bits per heavy atom. The minimum Gasteiger partial charge on any atom is -0.481 e. The summed E-state index contributed by atoms with van der Waals surface area (Å²) in [5.74, 6) is -2.14. The summed E-state index contributed by atoms with van der Waals surface area (Å²) in [6.07, 6.45) is -12.3. The Morgan fingerprint density at radius 3 is 2.53 bits per heavy atom. The molecule has 0 bridgehead atoms. The van der Waals surface area contributed by atoms with Crippen LogP contribution < -0.4 is 10.5 Å². The zero-order chi connectivity index (χ0) is 23.3. The third-order valence-corrected chi connectivity index (χ3v) is 4.41. The van der Waals surface area contributed by atoms with Crippen molar-refractivity contribution in [3.05, 3.63) is 52.5 Å². The predicted octanol–water partition coefficient (Wildman–Crippen LogP) is 5.19. The fourth-order valence-electron chi connectivity index (χ4n) is 2.84. The molecule has 13 heteroatoms. The molecule has 168 valence electrons. The fourth-order valence-corrected chi connectivity index (χ4v) is 2.84. The molecule has 0 aliphatic rings. The molecule has 4 aromatic rings. The number of halogens is 6. The lowest BCUT2D eigenvalue weighted by Crippen LogP contribution is -2.31. The van der Waals surface area contributed by atoms with Gasteiger partial charge in [0, 0.05) is 5.56 Å². The lowest BCUT2D eigenvalue weighted by molar-refractivity contribution is -0.191. The smallest absolute Gasteiger partial charge is 0.425 e. The second-order valence-corrected chi connectivity index (χ2v) is 6.63. The summed E-state index contributed by atoms with van der Waals surface area (Å²) in [5, 5.41) is 3.69. The fraction of sp³-hybridized carbons (Fsp3) is 0.211. The van der Waals surface area contributed by atoms with Crippen LogP contribution in [0.3, 0.4) is 0 Å². The molecule has 1 N–H and O–H groups in total. The first-order chi connectivity index (χ1) is 14.9. The molecule has 0 saturated heterocycles. The average Bonchev–Trinajstić information content (AvgIpc) is 3.32. The highest BCUT2D eigenvalue weighted by Crippen LogP contribution is 2.40. The molecule has 2 aromatic carbocycles. The van der Waals surface area contributed by atoms with E-state index in [4.69, 9.17) is 8.94 Å². The van der Waals surface area contributed by atoms with E-state index in [-0.39, 0.29) is 28.4 Å². The Morgan fingerprint density at radius 1 is 1.09 bits per heavy atom. The zero-order valence-electron chi connectivity index (χ0n) is 15.8. The number of oxazole rings is 1. The van der Waals surface area contributed by atoms with Gasteiger partial charge in [-0.15, -0.1) is 0 Å². The number of benzene rings is 2. The van der Waals surface area contributed by atoms with E-state index in [0.717, 1.165) is 12.1 Å². The summed E-state index contributed by atoms with van der Waals surface area (Å²) in [7, 11) is 0. The van der Waals surface area contributed by atoms with E-state index >= 15 is 0 Å². The van der Waals surface area contributed by atoms with Gasteiger partial charge in [0.05, 0.1) is 16.6 Å². The van der Waals surface area contributed by atoms with Gasteiger partial charge in [0.15, 0.2) is 11.7 Å². The lowest BCUT2D eigenvalue weighted by Gasteiger charge is -2.20. The van der Waals surface area contributed by atoms with E-state index < -0.39 is 35.5 Å². The van der Waals surface area contributed by atoms with Gasteiger partial charge in [-0.05, 0) is 37.3 Å². The molecule has 0 aliphatic heterocycles. The van der Waals surface area contributed by atoms with E-state index in [1.54, 1.807) is 12.1 Å². The highest BCUT2D eigenvalue weighted by atomic mass is 19.4. The number of aromatic nitrogens is 3. The number of H-pyrrole nitrogens is 1. The van der Waals surface area contributed by atoms with E-state index in [1.165, 1.54) is 6.07 Å². The molecule has 0 unspecified atom stereocenters. The molecule has 4 rings (SSSR count). The number of para-hydroxylation sites is 1. The van der Waals surface area contributed by atoms with Crippen LogP contribution in [0.2, 0.25) is 0 Å². The van der Waals surface area contributed by atoms with Crippen molar-refractivity contribution in [1.29, 1.82) is 0 Å². The molecule has 1 atom stereocenters. The van der Waals surface area contributed by atoms with Crippen molar-refractivity contribution < 1.29 is 40.0 Å². The largest absolute Gasteiger partial charge is 0.481 e. The number of ether oxygens (including phenoxy) is 1. The Balaban J connectivity index is 1.73. The maximum atomic E-state index is 13.5. The van der Waals surface area contributed by atoms with E-state index in [0.29, 0.717) is 18.5 Å². The maximum absolute atomic E-state index is 13.5. The highest BCUT2D eigenvalue weighted by molar-refractivity contribution is 5.87. The topological polar surface area (TPSA) is 94.2 Å². The Hall–Kier alpha value is -3.77. The van der Waals surface area contributed by atoms with Crippen molar-refractivity contribution in [2.24, 2.45) is 0 Å². The van der Waals surface area contributed by atoms with Crippen LogP contribution in [0.15, 0.2) is 50.1 Å². The van der Waals surface area contributed by atoms with Gasteiger partial charge in [-0.1, -0.05) is 11.2 Å². The summed E-state index contributed by atoms with van der Waals surface area (Å²) in [6.45, 7) is 0.596. The number of aromatic amines is 1. The molecule has 32 heavy (non-hydrogen) atoms. The summed E-state index contributed by atoms with van der Waals surface area (Å²) < 4.78 is 93.1. The van der Waals surface area contributed by atoms with Gasteiger partial charge in [-0.2, -0.15) is 31.3 Å². The van der Waals surface area contributed by atoms with Gasteiger partial charge in [0.1, 0.15) is 5.75 Å². The first kappa shape index (κ1) is 21.5. The zero-order valence-corrected chi connectivity index (χ0v) is 15.8. The third kappa shape index (κ3) is 4.05. The van der Waals surface area contributed by atoms with Gasteiger partial charge in [0.25, 0.3) is 5.89 Å². The highest BCUT2D eigenvalue weighted by Gasteiger charge is 2.41. The molecule has 2 aromatic heterocycles. The molecule has 0 fully saturated rings. The minimum absolute atomic E-state index is 0.0760. The lowest BCUT2D eigenvalue weighted by atomic mass is 10.1. The van der Waals surface area contributed by atoms with Gasteiger partial charge in [-0.3, -0.25) is 4.98 Å². The van der Waals surface area contributed by atoms with Crippen molar-refractivity contribution in [3.63, 3.8) is 0 Å². The second kappa shape index (κ2) is 7.43. The van der Waals surface area contributed by atoms with Crippen LogP contribution in [-0.4, -0.2) is 27.4 Å². The molecule has 0 saturated carbocycles. The van der Waals surface area contributed by atoms with Gasteiger partial charge in [0.2, 0.25) is 5.82 Å². The normalized spacial score (nSPS) is 13.5. The molecule has 2 heterocycles. The Bertz CT molecular complexity index is 1340.